The van der Waals surface area contributed by atoms with Gasteiger partial charge in [-0.05, 0) is 37.2 Å². The van der Waals surface area contributed by atoms with Crippen LogP contribution in [0.25, 0.3) is 0 Å². The summed E-state index contributed by atoms with van der Waals surface area (Å²) >= 11 is 4.29. The van der Waals surface area contributed by atoms with Gasteiger partial charge in [0.1, 0.15) is 0 Å². The summed E-state index contributed by atoms with van der Waals surface area (Å²) in [6.07, 6.45) is 0.489. The lowest BCUT2D eigenvalue weighted by atomic mass is 10.1. The lowest BCUT2D eigenvalue weighted by molar-refractivity contribution is -0.115. The number of amides is 1. The van der Waals surface area contributed by atoms with Gasteiger partial charge in [0.2, 0.25) is 5.91 Å². The Morgan fingerprint density at radius 2 is 1.88 bits per heavy atom. The Bertz CT molecular complexity index is 331. The number of thiol groups is 1. The third kappa shape index (κ3) is 3.54. The van der Waals surface area contributed by atoms with Crippen LogP contribution in [0.3, 0.4) is 0 Å². The maximum absolute atomic E-state index is 11.0. The summed E-state index contributed by atoms with van der Waals surface area (Å²) < 4.78 is 0. The van der Waals surface area contributed by atoms with E-state index in [-0.39, 0.29) is 5.91 Å². The second-order valence-corrected chi connectivity index (χ2v) is 3.50. The zero-order valence-corrected chi connectivity index (χ0v) is 11.2. The number of carbonyl (C=O) groups excluding carboxylic acids is 1. The van der Waals surface area contributed by atoms with Crippen molar-refractivity contribution in [1.29, 1.82) is 0 Å². The van der Waals surface area contributed by atoms with E-state index in [0.29, 0.717) is 6.42 Å². The predicted molar refractivity (Wildman–Crippen MR) is 72.2 cm³/mol. The maximum atomic E-state index is 11.0. The molecule has 1 aliphatic heterocycles. The third-order valence-electron chi connectivity index (χ3n) is 2.05. The zero-order valence-electron chi connectivity index (χ0n) is 10.3. The summed E-state index contributed by atoms with van der Waals surface area (Å²) in [5.41, 5.74) is 7.59. The highest BCUT2D eigenvalue weighted by atomic mass is 32.1. The number of nitrogens with two attached hydrogens (primary N) is 1. The summed E-state index contributed by atoms with van der Waals surface area (Å²) in [5, 5.41) is 2.79. The standard InChI is InChI=1S/C9H9NOS.C2H6.CH5N/c1-5-2-7-6(3-8(5)12)4-9(11)10-7;2*1-2/h2-3,12H,4H2,1H3,(H,10,11);1-2H3;2H2,1H3. The van der Waals surface area contributed by atoms with Crippen LogP contribution < -0.4 is 11.1 Å². The first-order chi connectivity index (χ1) is 7.66. The molecule has 0 saturated heterocycles. The second-order valence-electron chi connectivity index (χ2n) is 3.02. The largest absolute Gasteiger partial charge is 0.333 e. The molecule has 0 unspecified atom stereocenters. The third-order valence-corrected chi connectivity index (χ3v) is 2.53. The topological polar surface area (TPSA) is 55.1 Å². The van der Waals surface area contributed by atoms with Crippen LogP contribution in [0, 0.1) is 6.92 Å². The highest BCUT2D eigenvalue weighted by Gasteiger charge is 2.17. The molecule has 0 aliphatic carbocycles. The minimum atomic E-state index is 0.0725. The van der Waals surface area contributed by atoms with Crippen molar-refractivity contribution in [2.24, 2.45) is 5.73 Å². The molecule has 0 radical (unpaired) electrons. The molecule has 3 nitrogen and oxygen atoms in total. The number of rotatable bonds is 0. The summed E-state index contributed by atoms with van der Waals surface area (Å²) in [6.45, 7) is 5.98. The SMILES string of the molecule is CC.CN.Cc1cc2c(cc1S)CC(=O)N2. The molecule has 0 saturated carbocycles. The Balaban J connectivity index is 0.000000509. The first kappa shape index (κ1) is 15.0. The monoisotopic (exact) mass is 240 g/mol. The average molecular weight is 240 g/mol. The van der Waals surface area contributed by atoms with Gasteiger partial charge in [0.25, 0.3) is 0 Å². The number of aryl methyl sites for hydroxylation is 1. The molecule has 1 aliphatic rings. The van der Waals surface area contributed by atoms with Crippen molar-refractivity contribution in [3.8, 4) is 0 Å². The van der Waals surface area contributed by atoms with Crippen molar-refractivity contribution in [2.75, 3.05) is 12.4 Å². The highest BCUT2D eigenvalue weighted by molar-refractivity contribution is 7.80. The second kappa shape index (κ2) is 7.30. The molecule has 0 spiro atoms. The molecule has 1 aromatic carbocycles. The van der Waals surface area contributed by atoms with Gasteiger partial charge in [-0.1, -0.05) is 13.8 Å². The molecule has 0 fully saturated rings. The molecule has 1 amide bonds. The number of hydrogen-bond acceptors (Lipinski definition) is 3. The first-order valence-electron chi connectivity index (χ1n) is 5.37. The van der Waals surface area contributed by atoms with Crippen LogP contribution in [0.4, 0.5) is 5.69 Å². The first-order valence-corrected chi connectivity index (χ1v) is 5.81. The molecule has 1 aromatic rings. The van der Waals surface area contributed by atoms with E-state index in [1.807, 2.05) is 32.9 Å². The molecule has 90 valence electrons. The van der Waals surface area contributed by atoms with Crippen LogP contribution in [0.2, 0.25) is 0 Å². The molecule has 16 heavy (non-hydrogen) atoms. The smallest absolute Gasteiger partial charge is 0.228 e. The van der Waals surface area contributed by atoms with E-state index in [2.05, 4.69) is 23.7 Å². The number of hydrogen-bond donors (Lipinski definition) is 3. The zero-order chi connectivity index (χ0) is 12.7. The molecule has 0 aromatic heterocycles. The Morgan fingerprint density at radius 3 is 2.44 bits per heavy atom. The lowest BCUT2D eigenvalue weighted by Gasteiger charge is -2.02. The fourth-order valence-electron chi connectivity index (χ4n) is 1.37. The van der Waals surface area contributed by atoms with Crippen LogP contribution in [-0.4, -0.2) is 13.0 Å². The van der Waals surface area contributed by atoms with E-state index in [1.54, 1.807) is 0 Å². The van der Waals surface area contributed by atoms with Gasteiger partial charge in [0, 0.05) is 10.6 Å². The van der Waals surface area contributed by atoms with Crippen LogP contribution in [0.15, 0.2) is 17.0 Å². The lowest BCUT2D eigenvalue weighted by Crippen LogP contribution is -2.03. The molecule has 2 rings (SSSR count). The quantitative estimate of drug-likeness (QED) is 0.610. The number of carbonyl (C=O) groups is 1. The summed E-state index contributed by atoms with van der Waals surface area (Å²) in [7, 11) is 1.50. The molecule has 0 atom stereocenters. The number of nitrogens with one attached hydrogen (secondary N) is 1. The van der Waals surface area contributed by atoms with Gasteiger partial charge in [0.05, 0.1) is 6.42 Å². The van der Waals surface area contributed by atoms with E-state index in [4.69, 9.17) is 0 Å². The van der Waals surface area contributed by atoms with Gasteiger partial charge in [-0.2, -0.15) is 0 Å². The summed E-state index contributed by atoms with van der Waals surface area (Å²) in [4.78, 5) is 11.9. The van der Waals surface area contributed by atoms with Gasteiger partial charge < -0.3 is 11.1 Å². The van der Waals surface area contributed by atoms with E-state index >= 15 is 0 Å². The maximum Gasteiger partial charge on any atom is 0.228 e. The minimum Gasteiger partial charge on any atom is -0.333 e. The molecular weight excluding hydrogens is 220 g/mol. The van der Waals surface area contributed by atoms with Gasteiger partial charge in [0.15, 0.2) is 0 Å². The van der Waals surface area contributed by atoms with Crippen molar-refractivity contribution in [3.05, 3.63) is 23.3 Å². The minimum absolute atomic E-state index is 0.0725. The van der Waals surface area contributed by atoms with Gasteiger partial charge in [-0.3, -0.25) is 4.79 Å². The van der Waals surface area contributed by atoms with Crippen LogP contribution in [0.5, 0.6) is 0 Å². The molecule has 1 heterocycles. The van der Waals surface area contributed by atoms with Gasteiger partial charge >= 0.3 is 0 Å². The van der Waals surface area contributed by atoms with Crippen molar-refractivity contribution in [2.45, 2.75) is 32.1 Å². The Kier molecular flexibility index (Phi) is 6.85. The van der Waals surface area contributed by atoms with E-state index in [9.17, 15) is 4.79 Å². The fraction of sp³-hybridized carbons (Fsp3) is 0.417. The number of benzene rings is 1. The van der Waals surface area contributed by atoms with E-state index in [0.717, 1.165) is 21.7 Å². The molecule has 3 N–H and O–H groups in total. The normalized spacial score (nSPS) is 11.5. The average Bonchev–Trinajstić information content (AvgIpc) is 2.64. The molecule has 4 heteroatoms. The van der Waals surface area contributed by atoms with Gasteiger partial charge in [-0.15, -0.1) is 12.6 Å². The summed E-state index contributed by atoms with van der Waals surface area (Å²) in [5.74, 6) is 0.0725. The molecular formula is C12H20N2OS. The summed E-state index contributed by atoms with van der Waals surface area (Å²) in [6, 6.07) is 3.91. The predicted octanol–water partition coefficient (Wildman–Crippen LogP) is 2.38. The van der Waals surface area contributed by atoms with E-state index < -0.39 is 0 Å². The number of fused-ring (bicyclic) bond motifs is 1. The fourth-order valence-corrected chi connectivity index (χ4v) is 1.59. The van der Waals surface area contributed by atoms with Gasteiger partial charge in [-0.25, -0.2) is 0 Å². The van der Waals surface area contributed by atoms with E-state index in [1.165, 1.54) is 7.05 Å². The van der Waals surface area contributed by atoms with Crippen LogP contribution >= 0.6 is 12.6 Å². The molecule has 0 bridgehead atoms. The van der Waals surface area contributed by atoms with Crippen molar-refractivity contribution in [1.82, 2.24) is 0 Å². The Labute approximate surface area is 103 Å². The number of anilines is 1. The Hall–Kier alpha value is -1.00. The van der Waals surface area contributed by atoms with Crippen LogP contribution in [0.1, 0.15) is 25.0 Å². The highest BCUT2D eigenvalue weighted by Crippen LogP contribution is 2.27. The van der Waals surface area contributed by atoms with Crippen LogP contribution in [-0.2, 0) is 11.2 Å². The van der Waals surface area contributed by atoms with Crippen molar-refractivity contribution in [3.63, 3.8) is 0 Å². The Morgan fingerprint density at radius 1 is 1.31 bits per heavy atom. The van der Waals surface area contributed by atoms with Crippen molar-refractivity contribution < 1.29 is 4.79 Å². The van der Waals surface area contributed by atoms with Crippen molar-refractivity contribution >= 4 is 24.2 Å².